The number of hydrogen-bond donors (Lipinski definition) is 1. The number of nitrogens with zero attached hydrogens (tertiary/aromatic N) is 2. The van der Waals surface area contributed by atoms with Crippen LogP contribution in [0.15, 0.2) is 24.3 Å². The molecule has 1 saturated heterocycles. The second-order valence-electron chi connectivity index (χ2n) is 7.71. The fourth-order valence-corrected chi connectivity index (χ4v) is 3.48. The molecule has 0 unspecified atom stereocenters. The fraction of sp³-hybridized carbons (Fsp3) is 0.600. The molecule has 0 radical (unpaired) electrons. The van der Waals surface area contributed by atoms with Crippen molar-refractivity contribution < 1.29 is 22.8 Å². The van der Waals surface area contributed by atoms with E-state index in [4.69, 9.17) is 0 Å². The standard InChI is InChI=1S/C20H26F3N3O2/c1-14-12-17(14)19(28)24-7-6-18(27)26-10-8-25(9-11-26)13-15-2-4-16(5-3-15)20(21,22)23/h2-5,14,17H,6-13H2,1H3,(H,24,28)/t14-,17+/m0/s1. The first-order chi connectivity index (χ1) is 13.2. The van der Waals surface area contributed by atoms with Crippen molar-refractivity contribution in [2.75, 3.05) is 32.7 Å². The van der Waals surface area contributed by atoms with Gasteiger partial charge in [0, 0.05) is 51.6 Å². The van der Waals surface area contributed by atoms with Gasteiger partial charge in [0.2, 0.25) is 11.8 Å². The molecule has 2 aliphatic rings. The highest BCUT2D eigenvalue weighted by molar-refractivity contribution is 5.82. The fourth-order valence-electron chi connectivity index (χ4n) is 3.48. The zero-order chi connectivity index (χ0) is 20.3. The maximum Gasteiger partial charge on any atom is 0.416 e. The number of carbonyl (C=O) groups excluding carboxylic acids is 2. The van der Waals surface area contributed by atoms with Gasteiger partial charge in [0.05, 0.1) is 5.56 Å². The van der Waals surface area contributed by atoms with Crippen LogP contribution in [-0.2, 0) is 22.3 Å². The summed E-state index contributed by atoms with van der Waals surface area (Å²) in [7, 11) is 0. The average molecular weight is 397 g/mol. The molecule has 0 aromatic heterocycles. The summed E-state index contributed by atoms with van der Waals surface area (Å²) < 4.78 is 37.9. The Kier molecular flexibility index (Phi) is 6.27. The van der Waals surface area contributed by atoms with Crippen molar-refractivity contribution in [1.82, 2.24) is 15.1 Å². The Morgan fingerprint density at radius 2 is 1.71 bits per heavy atom. The van der Waals surface area contributed by atoms with Crippen molar-refractivity contribution in [3.63, 3.8) is 0 Å². The lowest BCUT2D eigenvalue weighted by molar-refractivity contribution is -0.137. The topological polar surface area (TPSA) is 52.7 Å². The summed E-state index contributed by atoms with van der Waals surface area (Å²) >= 11 is 0. The van der Waals surface area contributed by atoms with E-state index in [1.54, 1.807) is 4.90 Å². The SMILES string of the molecule is C[C@H]1C[C@H]1C(=O)NCCC(=O)N1CCN(Cc2ccc(C(F)(F)F)cc2)CC1. The summed E-state index contributed by atoms with van der Waals surface area (Å²) in [6.45, 7) is 5.51. The van der Waals surface area contributed by atoms with E-state index >= 15 is 0 Å². The molecule has 1 aromatic rings. The molecule has 5 nitrogen and oxygen atoms in total. The quantitative estimate of drug-likeness (QED) is 0.803. The first kappa shape index (κ1) is 20.6. The minimum absolute atomic E-state index is 0.0262. The van der Waals surface area contributed by atoms with Crippen LogP contribution in [0.4, 0.5) is 13.2 Å². The van der Waals surface area contributed by atoms with E-state index in [0.29, 0.717) is 51.6 Å². The van der Waals surface area contributed by atoms with Gasteiger partial charge in [-0.15, -0.1) is 0 Å². The number of benzene rings is 1. The molecule has 2 atom stereocenters. The Morgan fingerprint density at radius 1 is 1.11 bits per heavy atom. The Bertz CT molecular complexity index is 698. The van der Waals surface area contributed by atoms with Crippen LogP contribution in [0.5, 0.6) is 0 Å². The van der Waals surface area contributed by atoms with Crippen molar-refractivity contribution in [2.45, 2.75) is 32.5 Å². The molecule has 1 aliphatic carbocycles. The number of carbonyl (C=O) groups is 2. The van der Waals surface area contributed by atoms with E-state index in [1.165, 1.54) is 12.1 Å². The minimum Gasteiger partial charge on any atom is -0.355 e. The molecule has 1 N–H and O–H groups in total. The molecular formula is C20H26F3N3O2. The molecule has 8 heteroatoms. The van der Waals surface area contributed by atoms with E-state index in [1.807, 2.05) is 6.92 Å². The second-order valence-corrected chi connectivity index (χ2v) is 7.71. The van der Waals surface area contributed by atoms with E-state index < -0.39 is 11.7 Å². The maximum absolute atomic E-state index is 12.6. The molecular weight excluding hydrogens is 371 g/mol. The van der Waals surface area contributed by atoms with Gasteiger partial charge in [-0.2, -0.15) is 13.2 Å². The predicted octanol–water partition coefficient (Wildman–Crippen LogP) is 2.51. The highest BCUT2D eigenvalue weighted by Gasteiger charge is 2.38. The van der Waals surface area contributed by atoms with Gasteiger partial charge < -0.3 is 10.2 Å². The third-order valence-corrected chi connectivity index (χ3v) is 5.50. The summed E-state index contributed by atoms with van der Waals surface area (Å²) in [5, 5.41) is 2.82. The third-order valence-electron chi connectivity index (χ3n) is 5.50. The highest BCUT2D eigenvalue weighted by atomic mass is 19.4. The summed E-state index contributed by atoms with van der Waals surface area (Å²) in [6, 6.07) is 5.21. The van der Waals surface area contributed by atoms with Crippen molar-refractivity contribution >= 4 is 11.8 Å². The van der Waals surface area contributed by atoms with Crippen LogP contribution >= 0.6 is 0 Å². The Labute approximate surface area is 162 Å². The lowest BCUT2D eigenvalue weighted by Crippen LogP contribution is -2.48. The molecule has 0 bridgehead atoms. The Morgan fingerprint density at radius 3 is 2.25 bits per heavy atom. The van der Waals surface area contributed by atoms with Crippen molar-refractivity contribution in [3.05, 3.63) is 35.4 Å². The van der Waals surface area contributed by atoms with E-state index in [9.17, 15) is 22.8 Å². The Hall–Kier alpha value is -2.09. The number of piperazine rings is 1. The highest BCUT2D eigenvalue weighted by Crippen LogP contribution is 2.37. The summed E-state index contributed by atoms with van der Waals surface area (Å²) in [4.78, 5) is 28.0. The van der Waals surface area contributed by atoms with Gasteiger partial charge >= 0.3 is 6.18 Å². The molecule has 0 spiro atoms. The molecule has 154 valence electrons. The van der Waals surface area contributed by atoms with Gasteiger partial charge in [-0.05, 0) is 30.0 Å². The minimum atomic E-state index is -4.32. The van der Waals surface area contributed by atoms with Gasteiger partial charge in [-0.1, -0.05) is 19.1 Å². The Balaban J connectivity index is 1.36. The number of alkyl halides is 3. The monoisotopic (exact) mass is 397 g/mol. The number of nitrogens with one attached hydrogen (secondary N) is 1. The lowest BCUT2D eigenvalue weighted by atomic mass is 10.1. The molecule has 1 aliphatic heterocycles. The summed E-state index contributed by atoms with van der Waals surface area (Å²) in [6.07, 6.45) is -3.09. The van der Waals surface area contributed by atoms with Crippen molar-refractivity contribution in [2.24, 2.45) is 11.8 Å². The number of halogens is 3. The van der Waals surface area contributed by atoms with Crippen LogP contribution in [-0.4, -0.2) is 54.3 Å². The summed E-state index contributed by atoms with van der Waals surface area (Å²) in [5.41, 5.74) is 0.180. The van der Waals surface area contributed by atoms with Crippen molar-refractivity contribution in [1.29, 1.82) is 0 Å². The summed E-state index contributed by atoms with van der Waals surface area (Å²) in [5.74, 6) is 0.636. The number of amides is 2. The first-order valence-corrected chi connectivity index (χ1v) is 9.68. The van der Waals surface area contributed by atoms with Crippen LogP contribution in [0, 0.1) is 11.8 Å². The first-order valence-electron chi connectivity index (χ1n) is 9.68. The largest absolute Gasteiger partial charge is 0.416 e. The predicted molar refractivity (Wildman–Crippen MR) is 98.2 cm³/mol. The second kappa shape index (κ2) is 8.51. The van der Waals surface area contributed by atoms with Crippen LogP contribution < -0.4 is 5.32 Å². The van der Waals surface area contributed by atoms with Crippen LogP contribution in [0.3, 0.4) is 0 Å². The number of hydrogen-bond acceptors (Lipinski definition) is 3. The molecule has 2 amide bonds. The molecule has 1 saturated carbocycles. The lowest BCUT2D eigenvalue weighted by Gasteiger charge is -2.35. The van der Waals surface area contributed by atoms with Gasteiger partial charge in [-0.25, -0.2) is 0 Å². The molecule has 1 heterocycles. The van der Waals surface area contributed by atoms with Gasteiger partial charge in [0.25, 0.3) is 0 Å². The van der Waals surface area contributed by atoms with Crippen LogP contribution in [0.2, 0.25) is 0 Å². The smallest absolute Gasteiger partial charge is 0.355 e. The average Bonchev–Trinajstić information content (AvgIpc) is 3.39. The molecule has 3 rings (SSSR count). The van der Waals surface area contributed by atoms with E-state index in [2.05, 4.69) is 10.2 Å². The van der Waals surface area contributed by atoms with E-state index in [-0.39, 0.29) is 17.7 Å². The third kappa shape index (κ3) is 5.47. The number of rotatable bonds is 6. The molecule has 28 heavy (non-hydrogen) atoms. The van der Waals surface area contributed by atoms with Gasteiger partial charge in [0.15, 0.2) is 0 Å². The normalized spacial score (nSPS) is 22.8. The van der Waals surface area contributed by atoms with Gasteiger partial charge in [0.1, 0.15) is 0 Å². The van der Waals surface area contributed by atoms with Gasteiger partial charge in [-0.3, -0.25) is 14.5 Å². The molecule has 2 fully saturated rings. The zero-order valence-corrected chi connectivity index (χ0v) is 16.0. The zero-order valence-electron chi connectivity index (χ0n) is 16.0. The van der Waals surface area contributed by atoms with Crippen molar-refractivity contribution in [3.8, 4) is 0 Å². The van der Waals surface area contributed by atoms with Crippen LogP contribution in [0.1, 0.15) is 30.9 Å². The van der Waals surface area contributed by atoms with Crippen LogP contribution in [0.25, 0.3) is 0 Å². The van der Waals surface area contributed by atoms with E-state index in [0.717, 1.165) is 24.1 Å². The molecule has 1 aromatic carbocycles. The maximum atomic E-state index is 12.6.